The molecule has 0 unspecified atom stereocenters. The quantitative estimate of drug-likeness (QED) is 0.476. The molecular formula is C9H11NO4S. The highest BCUT2D eigenvalue weighted by molar-refractivity contribution is 7.80. The van der Waals surface area contributed by atoms with Gasteiger partial charge in [0, 0.05) is 11.8 Å². The van der Waals surface area contributed by atoms with Gasteiger partial charge in [-0.05, 0) is 6.07 Å². The Bertz CT molecular complexity index is 356. The molecular weight excluding hydrogens is 218 g/mol. The van der Waals surface area contributed by atoms with Crippen molar-refractivity contribution in [1.82, 2.24) is 0 Å². The Labute approximate surface area is 92.6 Å². The molecule has 5 nitrogen and oxygen atoms in total. The Morgan fingerprint density at radius 1 is 1.47 bits per heavy atom. The van der Waals surface area contributed by atoms with Gasteiger partial charge in [-0.2, -0.15) is 12.6 Å². The van der Waals surface area contributed by atoms with Crippen molar-refractivity contribution < 1.29 is 14.4 Å². The first-order valence-corrected chi connectivity index (χ1v) is 4.88. The summed E-state index contributed by atoms with van der Waals surface area (Å²) in [5, 5.41) is 10.5. The van der Waals surface area contributed by atoms with Crippen LogP contribution in [-0.2, 0) is 0 Å². The molecule has 0 atom stereocenters. The van der Waals surface area contributed by atoms with Crippen LogP contribution in [-0.4, -0.2) is 24.4 Å². The standard InChI is InChI=1S/C9H11NO4S/c1-13-8-3-2-7(10(11)12)6-9(8)14-4-5-15/h2-3,6,15H,4-5H2,1H3. The van der Waals surface area contributed by atoms with Crippen LogP contribution in [0.15, 0.2) is 18.2 Å². The Morgan fingerprint density at radius 2 is 2.20 bits per heavy atom. The first kappa shape index (κ1) is 11.6. The highest BCUT2D eigenvalue weighted by Crippen LogP contribution is 2.30. The Hall–Kier alpha value is -1.43. The van der Waals surface area contributed by atoms with E-state index in [1.165, 1.54) is 25.3 Å². The van der Waals surface area contributed by atoms with Gasteiger partial charge >= 0.3 is 0 Å². The van der Waals surface area contributed by atoms with Crippen LogP contribution in [0.25, 0.3) is 0 Å². The highest BCUT2D eigenvalue weighted by Gasteiger charge is 2.11. The molecule has 0 amide bonds. The summed E-state index contributed by atoms with van der Waals surface area (Å²) in [7, 11) is 1.48. The van der Waals surface area contributed by atoms with E-state index in [0.29, 0.717) is 23.9 Å². The molecule has 6 heteroatoms. The monoisotopic (exact) mass is 229 g/mol. The minimum atomic E-state index is -0.479. The molecule has 0 heterocycles. The first-order valence-electron chi connectivity index (χ1n) is 4.25. The van der Waals surface area contributed by atoms with Gasteiger partial charge in [0.1, 0.15) is 0 Å². The smallest absolute Gasteiger partial charge is 0.273 e. The van der Waals surface area contributed by atoms with Crippen molar-refractivity contribution in [2.75, 3.05) is 19.5 Å². The molecule has 1 rings (SSSR count). The van der Waals surface area contributed by atoms with Gasteiger partial charge in [-0.3, -0.25) is 10.1 Å². The number of hydrogen-bond acceptors (Lipinski definition) is 5. The number of nitrogens with zero attached hydrogens (tertiary/aromatic N) is 1. The van der Waals surface area contributed by atoms with Gasteiger partial charge in [0.15, 0.2) is 11.5 Å². The van der Waals surface area contributed by atoms with Crippen LogP contribution in [0, 0.1) is 10.1 Å². The molecule has 0 aromatic heterocycles. The van der Waals surface area contributed by atoms with E-state index in [-0.39, 0.29) is 5.69 Å². The fraction of sp³-hybridized carbons (Fsp3) is 0.333. The van der Waals surface area contributed by atoms with Gasteiger partial charge in [-0.15, -0.1) is 0 Å². The lowest BCUT2D eigenvalue weighted by atomic mass is 10.3. The molecule has 0 spiro atoms. The third-order valence-electron chi connectivity index (χ3n) is 1.71. The number of hydrogen-bond donors (Lipinski definition) is 1. The molecule has 0 bridgehead atoms. The first-order chi connectivity index (χ1) is 7.19. The normalized spacial score (nSPS) is 9.73. The van der Waals surface area contributed by atoms with Crippen LogP contribution in [0.4, 0.5) is 5.69 Å². The van der Waals surface area contributed by atoms with Crippen molar-refractivity contribution in [3.8, 4) is 11.5 Å². The Morgan fingerprint density at radius 3 is 2.73 bits per heavy atom. The van der Waals surface area contributed by atoms with Crippen molar-refractivity contribution in [2.45, 2.75) is 0 Å². The Balaban J connectivity index is 2.96. The van der Waals surface area contributed by atoms with Crippen molar-refractivity contribution >= 4 is 18.3 Å². The van der Waals surface area contributed by atoms with Crippen molar-refractivity contribution in [2.24, 2.45) is 0 Å². The van der Waals surface area contributed by atoms with E-state index in [9.17, 15) is 10.1 Å². The molecule has 0 aliphatic carbocycles. The number of non-ortho nitro benzene ring substituents is 1. The maximum Gasteiger partial charge on any atom is 0.273 e. The minimum Gasteiger partial charge on any atom is -0.493 e. The number of rotatable bonds is 5. The predicted molar refractivity (Wildman–Crippen MR) is 59.0 cm³/mol. The van der Waals surface area contributed by atoms with Crippen molar-refractivity contribution in [3.05, 3.63) is 28.3 Å². The van der Waals surface area contributed by atoms with E-state index in [1.54, 1.807) is 0 Å². The van der Waals surface area contributed by atoms with Crippen LogP contribution in [0.3, 0.4) is 0 Å². The van der Waals surface area contributed by atoms with E-state index in [1.807, 2.05) is 0 Å². The molecule has 0 radical (unpaired) electrons. The van der Waals surface area contributed by atoms with Crippen LogP contribution >= 0.6 is 12.6 Å². The average molecular weight is 229 g/mol. The minimum absolute atomic E-state index is 0.0232. The highest BCUT2D eigenvalue weighted by atomic mass is 32.1. The lowest BCUT2D eigenvalue weighted by Gasteiger charge is -2.08. The third kappa shape index (κ3) is 3.02. The van der Waals surface area contributed by atoms with Gasteiger partial charge < -0.3 is 9.47 Å². The summed E-state index contributed by atoms with van der Waals surface area (Å²) in [5.41, 5.74) is -0.0232. The van der Waals surface area contributed by atoms with Crippen LogP contribution < -0.4 is 9.47 Å². The van der Waals surface area contributed by atoms with Gasteiger partial charge in [0.25, 0.3) is 5.69 Å². The summed E-state index contributed by atoms with van der Waals surface area (Å²) in [4.78, 5) is 10.0. The molecule has 0 saturated carbocycles. The molecule has 1 aromatic carbocycles. The molecule has 0 aliphatic rings. The van der Waals surface area contributed by atoms with Crippen LogP contribution in [0.1, 0.15) is 0 Å². The summed E-state index contributed by atoms with van der Waals surface area (Å²) < 4.78 is 10.3. The van der Waals surface area contributed by atoms with Crippen molar-refractivity contribution in [1.29, 1.82) is 0 Å². The van der Waals surface area contributed by atoms with Crippen LogP contribution in [0.5, 0.6) is 11.5 Å². The summed E-state index contributed by atoms with van der Waals surface area (Å²) in [6, 6.07) is 4.21. The summed E-state index contributed by atoms with van der Waals surface area (Å²) >= 11 is 3.98. The number of nitro benzene ring substituents is 1. The number of ether oxygens (including phenoxy) is 2. The fourth-order valence-corrected chi connectivity index (χ4v) is 1.14. The van der Waals surface area contributed by atoms with E-state index in [0.717, 1.165) is 0 Å². The van der Waals surface area contributed by atoms with E-state index < -0.39 is 4.92 Å². The SMILES string of the molecule is COc1ccc([N+](=O)[O-])cc1OCCS. The second-order valence-corrected chi connectivity index (χ2v) is 3.11. The van der Waals surface area contributed by atoms with E-state index >= 15 is 0 Å². The second kappa shape index (κ2) is 5.45. The fourth-order valence-electron chi connectivity index (χ4n) is 1.05. The zero-order valence-corrected chi connectivity index (χ0v) is 9.07. The summed E-state index contributed by atoms with van der Waals surface area (Å²) in [6.45, 7) is 0.376. The average Bonchev–Trinajstić information content (AvgIpc) is 2.25. The molecule has 0 aliphatic heterocycles. The maximum absolute atomic E-state index is 10.5. The lowest BCUT2D eigenvalue weighted by molar-refractivity contribution is -0.385. The number of thiol groups is 1. The molecule has 15 heavy (non-hydrogen) atoms. The molecule has 0 fully saturated rings. The lowest BCUT2D eigenvalue weighted by Crippen LogP contribution is -2.01. The largest absolute Gasteiger partial charge is 0.493 e. The van der Waals surface area contributed by atoms with Crippen LogP contribution in [0.2, 0.25) is 0 Å². The summed E-state index contributed by atoms with van der Waals surface area (Å²) in [5.74, 6) is 1.37. The summed E-state index contributed by atoms with van der Waals surface area (Å²) in [6.07, 6.45) is 0. The zero-order valence-electron chi connectivity index (χ0n) is 8.17. The molecule has 0 saturated heterocycles. The van der Waals surface area contributed by atoms with Crippen molar-refractivity contribution in [3.63, 3.8) is 0 Å². The second-order valence-electron chi connectivity index (χ2n) is 2.66. The molecule has 1 aromatic rings. The topological polar surface area (TPSA) is 61.6 Å². The Kier molecular flexibility index (Phi) is 4.23. The molecule has 0 N–H and O–H groups in total. The molecule has 82 valence electrons. The van der Waals surface area contributed by atoms with Gasteiger partial charge in [0.2, 0.25) is 0 Å². The number of benzene rings is 1. The zero-order chi connectivity index (χ0) is 11.3. The maximum atomic E-state index is 10.5. The van der Waals surface area contributed by atoms with Gasteiger partial charge in [0.05, 0.1) is 24.7 Å². The number of nitro groups is 1. The number of methoxy groups -OCH3 is 1. The van der Waals surface area contributed by atoms with Gasteiger partial charge in [-0.1, -0.05) is 0 Å². The predicted octanol–water partition coefficient (Wildman–Crippen LogP) is 1.91. The van der Waals surface area contributed by atoms with E-state index in [2.05, 4.69) is 12.6 Å². The third-order valence-corrected chi connectivity index (χ3v) is 1.89. The van der Waals surface area contributed by atoms with Gasteiger partial charge in [-0.25, -0.2) is 0 Å². The van der Waals surface area contributed by atoms with E-state index in [4.69, 9.17) is 9.47 Å².